The fourth-order valence-electron chi connectivity index (χ4n) is 11.1. The zero-order valence-electron chi connectivity index (χ0n) is 34.0. The van der Waals surface area contributed by atoms with Crippen LogP contribution < -0.4 is 4.90 Å². The van der Waals surface area contributed by atoms with Crippen LogP contribution in [-0.2, 0) is 5.41 Å². The summed E-state index contributed by atoms with van der Waals surface area (Å²) in [5.41, 5.74) is 15.7. The molecule has 1 unspecified atom stereocenters. The van der Waals surface area contributed by atoms with Gasteiger partial charge in [-0.3, -0.25) is 0 Å². The van der Waals surface area contributed by atoms with Gasteiger partial charge in [0.1, 0.15) is 11.2 Å². The van der Waals surface area contributed by atoms with Crippen molar-refractivity contribution in [2.24, 2.45) is 0 Å². The lowest BCUT2D eigenvalue weighted by Crippen LogP contribution is -2.36. The van der Waals surface area contributed by atoms with Gasteiger partial charge in [-0.15, -0.1) is 0 Å². The summed E-state index contributed by atoms with van der Waals surface area (Å²) in [7, 11) is 0. The number of benzene rings is 10. The SMILES string of the molecule is c1ccc(-n2c3ccccc3c3cc(N(c4ccc5c(c4)C4(c6ccccc6S5)c5ccccc5-c5cccc6cccc4c56)c4ccc5c(c4)oc4ccccc45)ccc32)cc1. The Morgan fingerprint density at radius 3 is 1.95 bits per heavy atom. The Kier molecular flexibility index (Phi) is 7.26. The molecule has 1 aliphatic carbocycles. The average molecular weight is 821 g/mol. The Bertz CT molecular complexity index is 3860. The maximum absolute atomic E-state index is 6.59. The van der Waals surface area contributed by atoms with Crippen LogP contribution in [0.5, 0.6) is 0 Å². The number of hydrogen-bond donors (Lipinski definition) is 0. The van der Waals surface area contributed by atoms with E-state index in [-0.39, 0.29) is 0 Å². The van der Waals surface area contributed by atoms with E-state index in [0.29, 0.717) is 0 Å². The molecule has 3 heterocycles. The lowest BCUT2D eigenvalue weighted by molar-refractivity contribution is 0.669. The van der Waals surface area contributed by atoms with Gasteiger partial charge < -0.3 is 13.9 Å². The molecule has 12 aromatic rings. The van der Waals surface area contributed by atoms with E-state index < -0.39 is 5.41 Å². The number of furan rings is 1. The van der Waals surface area contributed by atoms with Gasteiger partial charge in [0.15, 0.2) is 0 Å². The molecule has 10 aromatic carbocycles. The highest BCUT2D eigenvalue weighted by atomic mass is 32.2. The van der Waals surface area contributed by atoms with E-state index in [1.54, 1.807) is 0 Å². The molecule has 1 spiro atoms. The van der Waals surface area contributed by atoms with E-state index in [1.165, 1.54) is 75.7 Å². The Morgan fingerprint density at radius 2 is 1.03 bits per heavy atom. The van der Waals surface area contributed by atoms with Crippen LogP contribution in [0.25, 0.3) is 71.3 Å². The first-order chi connectivity index (χ1) is 31.2. The molecule has 2 aromatic heterocycles. The minimum atomic E-state index is -0.570. The highest BCUT2D eigenvalue weighted by Gasteiger charge is 2.48. The van der Waals surface area contributed by atoms with Gasteiger partial charge in [0, 0.05) is 60.2 Å². The van der Waals surface area contributed by atoms with Crippen molar-refractivity contribution in [3.63, 3.8) is 0 Å². The van der Waals surface area contributed by atoms with Crippen LogP contribution in [0.3, 0.4) is 0 Å². The molecule has 0 radical (unpaired) electrons. The summed E-state index contributed by atoms with van der Waals surface area (Å²) >= 11 is 1.88. The van der Waals surface area contributed by atoms with Crippen LogP contribution >= 0.6 is 11.8 Å². The summed E-state index contributed by atoms with van der Waals surface area (Å²) in [5, 5.41) is 7.23. The molecule has 1 atom stereocenters. The maximum atomic E-state index is 6.59. The van der Waals surface area contributed by atoms with Crippen LogP contribution in [0.4, 0.5) is 17.1 Å². The number of fused-ring (bicyclic) bond motifs is 14. The highest BCUT2D eigenvalue weighted by molar-refractivity contribution is 7.99. The fraction of sp³-hybridized carbons (Fsp3) is 0.0169. The van der Waals surface area contributed by atoms with Crippen LogP contribution in [0.1, 0.15) is 22.3 Å². The Labute approximate surface area is 368 Å². The van der Waals surface area contributed by atoms with Crippen molar-refractivity contribution in [3.8, 4) is 16.8 Å². The second kappa shape index (κ2) is 13.1. The van der Waals surface area contributed by atoms with Crippen molar-refractivity contribution in [1.29, 1.82) is 0 Å². The molecule has 0 fully saturated rings. The largest absolute Gasteiger partial charge is 0.456 e. The molecule has 2 aliphatic rings. The first-order valence-electron chi connectivity index (χ1n) is 21.6. The predicted molar refractivity (Wildman–Crippen MR) is 262 cm³/mol. The van der Waals surface area contributed by atoms with Gasteiger partial charge in [0.2, 0.25) is 0 Å². The van der Waals surface area contributed by atoms with Crippen LogP contribution in [0.15, 0.2) is 233 Å². The predicted octanol–water partition coefficient (Wildman–Crippen LogP) is 16.1. The standard InChI is InChI=1S/C59H36N2OS/c1-2-16-38(17-3-1)61-52-25-9-5-19-43(52)47-34-39(29-32-53(47)61)60(41-28-31-45-44-20-6-10-26-54(44)62-55(45)36-41)40-30-33-57-51(35-40)59(49-23-8-11-27-56(49)63-57)48-22-7-4-18-42(48)46-21-12-14-37-15-13-24-50(59)58(37)46/h1-36H. The smallest absolute Gasteiger partial charge is 0.137 e. The van der Waals surface area contributed by atoms with Crippen molar-refractivity contribution in [2.75, 3.05) is 4.90 Å². The first kappa shape index (κ1) is 34.9. The summed E-state index contributed by atoms with van der Waals surface area (Å²) in [6.45, 7) is 0. The first-order valence-corrected chi connectivity index (χ1v) is 22.4. The van der Waals surface area contributed by atoms with Crippen molar-refractivity contribution in [3.05, 3.63) is 241 Å². The van der Waals surface area contributed by atoms with Crippen LogP contribution in [0.2, 0.25) is 0 Å². The third-order valence-corrected chi connectivity index (χ3v) is 14.8. The van der Waals surface area contributed by atoms with E-state index in [4.69, 9.17) is 4.42 Å². The monoisotopic (exact) mass is 820 g/mol. The molecule has 1 aliphatic heterocycles. The molecule has 4 heteroatoms. The number of para-hydroxylation sites is 3. The lowest BCUT2D eigenvalue weighted by atomic mass is 9.59. The number of nitrogens with zero attached hydrogens (tertiary/aromatic N) is 2. The molecule has 0 saturated heterocycles. The van der Waals surface area contributed by atoms with Gasteiger partial charge in [-0.25, -0.2) is 0 Å². The summed E-state index contributed by atoms with van der Waals surface area (Å²) in [6, 6.07) is 80.5. The highest BCUT2D eigenvalue weighted by Crippen LogP contribution is 2.62. The zero-order valence-corrected chi connectivity index (χ0v) is 34.8. The van der Waals surface area contributed by atoms with E-state index >= 15 is 0 Å². The van der Waals surface area contributed by atoms with Crippen molar-refractivity contribution in [1.82, 2.24) is 4.57 Å². The van der Waals surface area contributed by atoms with Crippen LogP contribution in [0, 0.1) is 0 Å². The molecule has 63 heavy (non-hydrogen) atoms. The Balaban J connectivity index is 1.07. The molecule has 0 N–H and O–H groups in total. The van der Waals surface area contributed by atoms with Gasteiger partial charge in [-0.1, -0.05) is 145 Å². The number of hydrogen-bond acceptors (Lipinski definition) is 3. The van der Waals surface area contributed by atoms with Gasteiger partial charge in [-0.05, 0) is 123 Å². The summed E-state index contributed by atoms with van der Waals surface area (Å²) in [6.07, 6.45) is 0. The summed E-state index contributed by atoms with van der Waals surface area (Å²) < 4.78 is 8.97. The number of aromatic nitrogens is 1. The number of anilines is 3. The van der Waals surface area contributed by atoms with E-state index in [0.717, 1.165) is 44.7 Å². The second-order valence-corrected chi connectivity index (χ2v) is 17.9. The van der Waals surface area contributed by atoms with E-state index in [9.17, 15) is 0 Å². The third-order valence-electron chi connectivity index (χ3n) is 13.6. The van der Waals surface area contributed by atoms with Gasteiger partial charge in [-0.2, -0.15) is 0 Å². The Morgan fingerprint density at radius 1 is 0.397 bits per heavy atom. The maximum Gasteiger partial charge on any atom is 0.137 e. The minimum absolute atomic E-state index is 0.570. The summed E-state index contributed by atoms with van der Waals surface area (Å²) in [4.78, 5) is 4.98. The van der Waals surface area contributed by atoms with Gasteiger partial charge >= 0.3 is 0 Å². The zero-order chi connectivity index (χ0) is 41.2. The molecule has 14 rings (SSSR count). The molecular formula is C59H36N2OS. The second-order valence-electron chi connectivity index (χ2n) is 16.8. The van der Waals surface area contributed by atoms with Crippen molar-refractivity contribution < 1.29 is 4.42 Å². The molecule has 0 bridgehead atoms. The molecular weight excluding hydrogens is 785 g/mol. The fourth-order valence-corrected chi connectivity index (χ4v) is 12.2. The minimum Gasteiger partial charge on any atom is -0.456 e. The summed E-state index contributed by atoms with van der Waals surface area (Å²) in [5.74, 6) is 0. The lowest BCUT2D eigenvalue weighted by Gasteiger charge is -2.46. The van der Waals surface area contributed by atoms with Gasteiger partial charge in [0.25, 0.3) is 0 Å². The quantitative estimate of drug-likeness (QED) is 0.176. The topological polar surface area (TPSA) is 21.3 Å². The van der Waals surface area contributed by atoms with Crippen LogP contribution in [-0.4, -0.2) is 4.57 Å². The molecule has 0 saturated carbocycles. The molecule has 0 amide bonds. The molecule has 3 nitrogen and oxygen atoms in total. The van der Waals surface area contributed by atoms with Crippen molar-refractivity contribution in [2.45, 2.75) is 15.2 Å². The molecule has 294 valence electrons. The van der Waals surface area contributed by atoms with Crippen molar-refractivity contribution >= 4 is 83.3 Å². The van der Waals surface area contributed by atoms with E-state index in [2.05, 4.69) is 222 Å². The average Bonchev–Trinajstić information content (AvgIpc) is 3.88. The van der Waals surface area contributed by atoms with E-state index in [1.807, 2.05) is 17.8 Å². The Hall–Kier alpha value is -7.79. The van der Waals surface area contributed by atoms with Gasteiger partial charge in [0.05, 0.1) is 16.4 Å². The normalized spacial score (nSPS) is 15.0. The number of rotatable bonds is 4. The third kappa shape index (κ3) is 4.81.